The molecule has 0 spiro atoms. The number of alkyl halides is 3. The van der Waals surface area contributed by atoms with Gasteiger partial charge in [-0.05, 0) is 42.8 Å². The van der Waals surface area contributed by atoms with Crippen LogP contribution in [0.1, 0.15) is 12.8 Å². The minimum Gasteiger partial charge on any atom is -0.497 e. The molecule has 2 aromatic rings. The molecule has 2 rings (SSSR count). The van der Waals surface area contributed by atoms with Gasteiger partial charge in [0, 0.05) is 24.7 Å². The van der Waals surface area contributed by atoms with Gasteiger partial charge in [0.2, 0.25) is 15.9 Å². The molecule has 0 saturated carbocycles. The number of anilines is 2. The highest BCUT2D eigenvalue weighted by Crippen LogP contribution is 2.25. The van der Waals surface area contributed by atoms with Crippen molar-refractivity contribution >= 4 is 27.3 Å². The number of amides is 1. The molecule has 0 aromatic heterocycles. The molecule has 0 atom stereocenters. The number of sulfonamides is 1. The predicted octanol–water partition coefficient (Wildman–Crippen LogP) is 3.78. The van der Waals surface area contributed by atoms with Crippen LogP contribution < -0.4 is 19.1 Å². The number of hydrogen-bond acceptors (Lipinski definition) is 5. The van der Waals surface area contributed by atoms with Crippen LogP contribution in [-0.4, -0.2) is 40.6 Å². The third-order valence-electron chi connectivity index (χ3n) is 3.88. The molecule has 0 aliphatic rings. The van der Waals surface area contributed by atoms with Gasteiger partial charge in [0.05, 0.1) is 19.1 Å². The molecule has 2 aromatic carbocycles. The van der Waals surface area contributed by atoms with Crippen molar-refractivity contribution in [2.24, 2.45) is 0 Å². The SMILES string of the molecule is COc1cccc(N(CCCC(=O)Nc2ccc(OC(F)(F)F)cc2)S(C)(=O)=O)c1. The van der Waals surface area contributed by atoms with E-state index in [1.54, 1.807) is 24.3 Å². The van der Waals surface area contributed by atoms with Crippen molar-refractivity contribution in [2.45, 2.75) is 19.2 Å². The van der Waals surface area contributed by atoms with Crippen molar-refractivity contribution in [3.05, 3.63) is 48.5 Å². The predicted molar refractivity (Wildman–Crippen MR) is 106 cm³/mol. The maximum Gasteiger partial charge on any atom is 0.573 e. The summed E-state index contributed by atoms with van der Waals surface area (Å²) in [4.78, 5) is 12.1. The lowest BCUT2D eigenvalue weighted by Crippen LogP contribution is -2.31. The summed E-state index contributed by atoms with van der Waals surface area (Å²) in [6.45, 7) is 0.0672. The standard InChI is InChI=1S/C19H21F3N2O5S/c1-28-17-6-3-5-15(13-17)24(30(2,26)27)12-4-7-18(25)23-14-8-10-16(11-9-14)29-19(20,21)22/h3,5-6,8-11,13H,4,7,12H2,1-2H3,(H,23,25). The van der Waals surface area contributed by atoms with E-state index in [0.29, 0.717) is 17.1 Å². The Kier molecular flexibility index (Phi) is 7.54. The molecule has 0 aliphatic carbocycles. The first-order chi connectivity index (χ1) is 14.0. The molecule has 0 fully saturated rings. The Hall–Kier alpha value is -2.95. The van der Waals surface area contributed by atoms with Crippen LogP contribution in [0.2, 0.25) is 0 Å². The maximum atomic E-state index is 12.2. The number of ether oxygens (including phenoxy) is 2. The van der Waals surface area contributed by atoms with Crippen molar-refractivity contribution < 1.29 is 35.9 Å². The van der Waals surface area contributed by atoms with E-state index < -0.39 is 28.0 Å². The molecule has 0 aliphatic heterocycles. The highest BCUT2D eigenvalue weighted by molar-refractivity contribution is 7.92. The average molecular weight is 446 g/mol. The monoisotopic (exact) mass is 446 g/mol. The molecule has 1 N–H and O–H groups in total. The molecule has 11 heteroatoms. The lowest BCUT2D eigenvalue weighted by atomic mass is 10.2. The highest BCUT2D eigenvalue weighted by Gasteiger charge is 2.31. The largest absolute Gasteiger partial charge is 0.573 e. The zero-order valence-electron chi connectivity index (χ0n) is 16.3. The van der Waals surface area contributed by atoms with E-state index in [0.717, 1.165) is 18.4 Å². The van der Waals surface area contributed by atoms with Gasteiger partial charge in [-0.2, -0.15) is 0 Å². The fourth-order valence-corrected chi connectivity index (χ4v) is 3.56. The first-order valence-corrected chi connectivity index (χ1v) is 10.6. The normalized spacial score (nSPS) is 11.6. The lowest BCUT2D eigenvalue weighted by molar-refractivity contribution is -0.274. The van der Waals surface area contributed by atoms with Gasteiger partial charge in [-0.15, -0.1) is 13.2 Å². The van der Waals surface area contributed by atoms with E-state index >= 15 is 0 Å². The smallest absolute Gasteiger partial charge is 0.497 e. The molecule has 0 radical (unpaired) electrons. The second kappa shape index (κ2) is 9.70. The average Bonchev–Trinajstić information content (AvgIpc) is 2.64. The maximum absolute atomic E-state index is 12.2. The summed E-state index contributed by atoms with van der Waals surface area (Å²) in [7, 11) is -2.11. The Morgan fingerprint density at radius 1 is 1.10 bits per heavy atom. The summed E-state index contributed by atoms with van der Waals surface area (Å²) in [5, 5.41) is 2.54. The van der Waals surface area contributed by atoms with Gasteiger partial charge >= 0.3 is 6.36 Å². The molecule has 7 nitrogen and oxygen atoms in total. The van der Waals surface area contributed by atoms with Crippen LogP contribution in [-0.2, 0) is 14.8 Å². The Balaban J connectivity index is 1.92. The fourth-order valence-electron chi connectivity index (χ4n) is 2.60. The second-order valence-corrected chi connectivity index (χ2v) is 8.17. The fraction of sp³-hybridized carbons (Fsp3) is 0.316. The molecule has 30 heavy (non-hydrogen) atoms. The topological polar surface area (TPSA) is 84.9 Å². The van der Waals surface area contributed by atoms with Crippen molar-refractivity contribution in [2.75, 3.05) is 29.5 Å². The van der Waals surface area contributed by atoms with Gasteiger partial charge in [-0.1, -0.05) is 6.07 Å². The quantitative estimate of drug-likeness (QED) is 0.634. The minimum atomic E-state index is -4.79. The first kappa shape index (κ1) is 23.3. The van der Waals surface area contributed by atoms with Gasteiger partial charge in [-0.25, -0.2) is 8.42 Å². The van der Waals surface area contributed by atoms with Crippen molar-refractivity contribution in [3.8, 4) is 11.5 Å². The third-order valence-corrected chi connectivity index (χ3v) is 5.07. The number of carbonyl (C=O) groups is 1. The van der Waals surface area contributed by atoms with Crippen LogP contribution in [0, 0.1) is 0 Å². The van der Waals surface area contributed by atoms with E-state index in [-0.39, 0.29) is 19.4 Å². The Morgan fingerprint density at radius 2 is 1.77 bits per heavy atom. The van der Waals surface area contributed by atoms with Crippen molar-refractivity contribution in [1.82, 2.24) is 0 Å². The Labute approximate surface area is 172 Å². The number of halogens is 3. The molecule has 0 heterocycles. The van der Waals surface area contributed by atoms with E-state index in [1.807, 2.05) is 0 Å². The van der Waals surface area contributed by atoms with Crippen LogP contribution in [0.5, 0.6) is 11.5 Å². The van der Waals surface area contributed by atoms with E-state index in [1.165, 1.54) is 23.5 Å². The number of hydrogen-bond donors (Lipinski definition) is 1. The van der Waals surface area contributed by atoms with E-state index in [9.17, 15) is 26.4 Å². The zero-order valence-corrected chi connectivity index (χ0v) is 17.1. The number of nitrogens with one attached hydrogen (secondary N) is 1. The van der Waals surface area contributed by atoms with Crippen LogP contribution in [0.15, 0.2) is 48.5 Å². The van der Waals surface area contributed by atoms with Crippen LogP contribution in [0.25, 0.3) is 0 Å². The highest BCUT2D eigenvalue weighted by atomic mass is 32.2. The molecular formula is C19H21F3N2O5S. The molecular weight excluding hydrogens is 425 g/mol. The lowest BCUT2D eigenvalue weighted by Gasteiger charge is -2.22. The summed E-state index contributed by atoms with van der Waals surface area (Å²) in [5.74, 6) is -0.307. The second-order valence-electron chi connectivity index (χ2n) is 6.26. The summed E-state index contributed by atoms with van der Waals surface area (Å²) in [5.41, 5.74) is 0.708. The van der Waals surface area contributed by atoms with Gasteiger partial charge in [0.25, 0.3) is 0 Å². The Morgan fingerprint density at radius 3 is 2.33 bits per heavy atom. The van der Waals surface area contributed by atoms with Crippen molar-refractivity contribution in [3.63, 3.8) is 0 Å². The molecule has 0 unspecified atom stereocenters. The van der Waals surface area contributed by atoms with Gasteiger partial charge in [0.1, 0.15) is 11.5 Å². The van der Waals surface area contributed by atoms with Gasteiger partial charge in [-0.3, -0.25) is 9.10 Å². The van der Waals surface area contributed by atoms with Crippen LogP contribution in [0.4, 0.5) is 24.5 Å². The molecule has 164 valence electrons. The van der Waals surface area contributed by atoms with Crippen LogP contribution in [0.3, 0.4) is 0 Å². The summed E-state index contributed by atoms with van der Waals surface area (Å²) < 4.78 is 70.8. The number of carbonyl (C=O) groups excluding carboxylic acids is 1. The minimum absolute atomic E-state index is 0.0107. The van der Waals surface area contributed by atoms with E-state index in [2.05, 4.69) is 10.1 Å². The third kappa shape index (κ3) is 7.47. The van der Waals surface area contributed by atoms with E-state index in [4.69, 9.17) is 4.74 Å². The first-order valence-electron chi connectivity index (χ1n) is 8.75. The van der Waals surface area contributed by atoms with Gasteiger partial charge in [0.15, 0.2) is 0 Å². The Bertz CT molecular complexity index is 963. The number of benzene rings is 2. The van der Waals surface area contributed by atoms with Crippen LogP contribution >= 0.6 is 0 Å². The summed E-state index contributed by atoms with van der Waals surface area (Å²) in [6, 6.07) is 11.2. The van der Waals surface area contributed by atoms with Gasteiger partial charge < -0.3 is 14.8 Å². The summed E-state index contributed by atoms with van der Waals surface area (Å²) in [6.07, 6.45) is -3.49. The molecule has 0 saturated heterocycles. The molecule has 1 amide bonds. The zero-order chi connectivity index (χ0) is 22.4. The summed E-state index contributed by atoms with van der Waals surface area (Å²) >= 11 is 0. The van der Waals surface area contributed by atoms with Crippen molar-refractivity contribution in [1.29, 1.82) is 0 Å². The molecule has 0 bridgehead atoms. The number of rotatable bonds is 9. The number of methoxy groups -OCH3 is 1. The number of nitrogens with zero attached hydrogens (tertiary/aromatic N) is 1.